The van der Waals surface area contributed by atoms with E-state index >= 15 is 0 Å². The highest BCUT2D eigenvalue weighted by Crippen LogP contribution is 2.35. The van der Waals surface area contributed by atoms with Gasteiger partial charge in [-0.25, -0.2) is 0 Å². The third-order valence-electron chi connectivity index (χ3n) is 3.22. The van der Waals surface area contributed by atoms with Crippen LogP contribution in [0.25, 0.3) is 0 Å². The van der Waals surface area contributed by atoms with Gasteiger partial charge >= 0.3 is 0 Å². The highest BCUT2D eigenvalue weighted by molar-refractivity contribution is 9.10. The lowest BCUT2D eigenvalue weighted by molar-refractivity contribution is 0.151. The van der Waals surface area contributed by atoms with Crippen LogP contribution in [0.15, 0.2) is 10.7 Å². The zero-order valence-electron chi connectivity index (χ0n) is 8.99. The fourth-order valence-corrected chi connectivity index (χ4v) is 3.13. The fourth-order valence-electron chi connectivity index (χ4n) is 2.46. The van der Waals surface area contributed by atoms with Crippen molar-refractivity contribution < 1.29 is 5.11 Å². The second kappa shape index (κ2) is 4.66. The maximum absolute atomic E-state index is 9.80. The quantitative estimate of drug-likeness (QED) is 0.799. The average molecular weight is 273 g/mol. The van der Waals surface area contributed by atoms with E-state index in [0.717, 1.165) is 30.2 Å². The molecule has 0 saturated heterocycles. The second-order valence-electron chi connectivity index (χ2n) is 4.37. The summed E-state index contributed by atoms with van der Waals surface area (Å²) in [4.78, 5) is 0. The molecule has 15 heavy (non-hydrogen) atoms. The minimum atomic E-state index is -0.140. The molecule has 1 aromatic rings. The van der Waals surface area contributed by atoms with Crippen LogP contribution < -0.4 is 0 Å². The van der Waals surface area contributed by atoms with Crippen LogP contribution in [0.4, 0.5) is 0 Å². The molecule has 3 nitrogen and oxygen atoms in total. The first-order chi connectivity index (χ1) is 7.18. The maximum Gasteiger partial charge on any atom is 0.0635 e. The average Bonchev–Trinajstić information content (AvgIpc) is 2.40. The fraction of sp³-hybridized carbons (Fsp3) is 0.727. The van der Waals surface area contributed by atoms with E-state index in [1.165, 1.54) is 12.1 Å². The van der Waals surface area contributed by atoms with Crippen LogP contribution in [0.5, 0.6) is 0 Å². The molecule has 1 saturated carbocycles. The molecule has 1 fully saturated rings. The van der Waals surface area contributed by atoms with Crippen LogP contribution >= 0.6 is 15.9 Å². The molecule has 0 radical (unpaired) electrons. The van der Waals surface area contributed by atoms with E-state index in [2.05, 4.69) is 21.0 Å². The van der Waals surface area contributed by atoms with Crippen LogP contribution in [-0.2, 0) is 7.05 Å². The van der Waals surface area contributed by atoms with E-state index in [4.69, 9.17) is 0 Å². The van der Waals surface area contributed by atoms with Crippen LogP contribution in [0, 0.1) is 0 Å². The molecule has 2 atom stereocenters. The molecular formula is C11H17BrN2O. The van der Waals surface area contributed by atoms with E-state index < -0.39 is 0 Å². The summed E-state index contributed by atoms with van der Waals surface area (Å²) in [5.74, 6) is 0.448. The van der Waals surface area contributed by atoms with Crippen molar-refractivity contribution in [2.75, 3.05) is 0 Å². The minimum absolute atomic E-state index is 0.140. The van der Waals surface area contributed by atoms with Crippen molar-refractivity contribution in [3.63, 3.8) is 0 Å². The molecule has 2 unspecified atom stereocenters. The number of aromatic nitrogens is 2. The highest BCUT2D eigenvalue weighted by atomic mass is 79.9. The summed E-state index contributed by atoms with van der Waals surface area (Å²) in [5, 5.41) is 14.0. The molecule has 0 amide bonds. The molecule has 0 aromatic carbocycles. The largest absolute Gasteiger partial charge is 0.393 e. The minimum Gasteiger partial charge on any atom is -0.393 e. The molecule has 1 heterocycles. The predicted molar refractivity (Wildman–Crippen MR) is 62.7 cm³/mol. The monoisotopic (exact) mass is 272 g/mol. The lowest BCUT2D eigenvalue weighted by atomic mass is 9.95. The first-order valence-electron chi connectivity index (χ1n) is 5.54. The summed E-state index contributed by atoms with van der Waals surface area (Å²) >= 11 is 3.53. The summed E-state index contributed by atoms with van der Waals surface area (Å²) < 4.78 is 3.00. The molecular weight excluding hydrogens is 256 g/mol. The van der Waals surface area contributed by atoms with Gasteiger partial charge in [0.15, 0.2) is 0 Å². The molecule has 4 heteroatoms. The van der Waals surface area contributed by atoms with E-state index in [0.29, 0.717) is 5.92 Å². The Balaban J connectivity index is 2.21. The van der Waals surface area contributed by atoms with Gasteiger partial charge < -0.3 is 5.11 Å². The number of halogens is 1. The number of aliphatic hydroxyl groups is 1. The zero-order chi connectivity index (χ0) is 10.8. The van der Waals surface area contributed by atoms with Gasteiger partial charge in [-0.05, 0) is 35.2 Å². The molecule has 1 aliphatic rings. The summed E-state index contributed by atoms with van der Waals surface area (Å²) in [5.41, 5.74) is 1.23. The Morgan fingerprint density at radius 1 is 1.47 bits per heavy atom. The molecule has 0 aliphatic heterocycles. The Hall–Kier alpha value is -0.350. The molecule has 84 valence electrons. The van der Waals surface area contributed by atoms with Crippen molar-refractivity contribution in [2.24, 2.45) is 7.05 Å². The Labute approximate surface area is 98.6 Å². The molecule has 0 spiro atoms. The van der Waals surface area contributed by atoms with Gasteiger partial charge in [-0.1, -0.05) is 12.8 Å². The van der Waals surface area contributed by atoms with E-state index in [1.54, 1.807) is 0 Å². The number of hydrogen-bond donors (Lipinski definition) is 1. The first-order valence-corrected chi connectivity index (χ1v) is 6.33. The second-order valence-corrected chi connectivity index (χ2v) is 5.23. The van der Waals surface area contributed by atoms with Gasteiger partial charge in [0.2, 0.25) is 0 Å². The number of aryl methyl sites for hydroxylation is 1. The number of hydrogen-bond acceptors (Lipinski definition) is 2. The summed E-state index contributed by atoms with van der Waals surface area (Å²) in [6.45, 7) is 0. The van der Waals surface area contributed by atoms with Crippen LogP contribution in [0.1, 0.15) is 43.7 Å². The standard InChI is InChI=1S/C11H17BrN2O/c1-14-11(10(12)7-13-14)8-4-2-3-5-9(15)6-8/h7-9,15H,2-6H2,1H3. The maximum atomic E-state index is 9.80. The number of aliphatic hydroxyl groups excluding tert-OH is 1. The van der Waals surface area contributed by atoms with Crippen molar-refractivity contribution in [1.82, 2.24) is 9.78 Å². The van der Waals surface area contributed by atoms with Gasteiger partial charge in [0.1, 0.15) is 0 Å². The van der Waals surface area contributed by atoms with Gasteiger partial charge in [0, 0.05) is 13.0 Å². The SMILES string of the molecule is Cn1ncc(Br)c1C1CCCCC(O)C1. The summed E-state index contributed by atoms with van der Waals surface area (Å²) in [6.07, 6.45) is 7.04. The van der Waals surface area contributed by atoms with E-state index in [-0.39, 0.29) is 6.10 Å². The smallest absolute Gasteiger partial charge is 0.0635 e. The molecule has 1 aliphatic carbocycles. The predicted octanol–water partition coefficient (Wildman–Crippen LogP) is 2.59. The Morgan fingerprint density at radius 2 is 2.20 bits per heavy atom. The Morgan fingerprint density at radius 3 is 2.87 bits per heavy atom. The van der Waals surface area contributed by atoms with Gasteiger partial charge in [-0.3, -0.25) is 4.68 Å². The Bertz CT molecular complexity index is 318. The lowest BCUT2D eigenvalue weighted by Crippen LogP contribution is -2.12. The Kier molecular flexibility index (Phi) is 3.46. The van der Waals surface area contributed by atoms with Crippen LogP contribution in [0.2, 0.25) is 0 Å². The van der Waals surface area contributed by atoms with Crippen LogP contribution in [-0.4, -0.2) is 21.0 Å². The third-order valence-corrected chi connectivity index (χ3v) is 3.83. The lowest BCUT2D eigenvalue weighted by Gasteiger charge is -2.17. The topological polar surface area (TPSA) is 38.0 Å². The first kappa shape index (κ1) is 11.1. The van der Waals surface area contributed by atoms with E-state index in [1.807, 2.05) is 17.9 Å². The summed E-state index contributed by atoms with van der Waals surface area (Å²) in [7, 11) is 1.97. The van der Waals surface area contributed by atoms with Gasteiger partial charge in [0.05, 0.1) is 22.5 Å². The van der Waals surface area contributed by atoms with Crippen molar-refractivity contribution in [1.29, 1.82) is 0 Å². The van der Waals surface area contributed by atoms with E-state index in [9.17, 15) is 5.11 Å². The van der Waals surface area contributed by atoms with Crippen LogP contribution in [0.3, 0.4) is 0 Å². The van der Waals surface area contributed by atoms with Gasteiger partial charge in [-0.15, -0.1) is 0 Å². The molecule has 1 N–H and O–H groups in total. The van der Waals surface area contributed by atoms with Gasteiger partial charge in [-0.2, -0.15) is 5.10 Å². The van der Waals surface area contributed by atoms with Crippen molar-refractivity contribution in [3.05, 3.63) is 16.4 Å². The normalized spacial score (nSPS) is 27.7. The third kappa shape index (κ3) is 2.42. The molecule has 2 rings (SSSR count). The van der Waals surface area contributed by atoms with Gasteiger partial charge in [0.25, 0.3) is 0 Å². The van der Waals surface area contributed by atoms with Crippen molar-refractivity contribution >= 4 is 15.9 Å². The highest BCUT2D eigenvalue weighted by Gasteiger charge is 2.24. The number of nitrogens with zero attached hydrogens (tertiary/aromatic N) is 2. The summed E-state index contributed by atoms with van der Waals surface area (Å²) in [6, 6.07) is 0. The van der Waals surface area contributed by atoms with Crippen molar-refractivity contribution in [3.8, 4) is 0 Å². The number of rotatable bonds is 1. The zero-order valence-corrected chi connectivity index (χ0v) is 10.6. The van der Waals surface area contributed by atoms with Crippen molar-refractivity contribution in [2.45, 2.75) is 44.1 Å². The molecule has 1 aromatic heterocycles. The molecule has 0 bridgehead atoms.